The number of nitrogens with zero attached hydrogens (tertiary/aromatic N) is 4. The summed E-state index contributed by atoms with van der Waals surface area (Å²) in [7, 11) is 5.94. The molecule has 1 aromatic rings. The Hall–Kier alpha value is -1.59. The summed E-state index contributed by atoms with van der Waals surface area (Å²) in [5.74, 6) is 1.91. The average molecular weight is 559 g/mol. The largest absolute Gasteiger partial charge is 0.494 e. The van der Waals surface area contributed by atoms with Gasteiger partial charge in [0.2, 0.25) is 0 Å². The highest BCUT2D eigenvalue weighted by Crippen LogP contribution is 2.16. The normalized spacial score (nSPS) is 19.1. The van der Waals surface area contributed by atoms with Gasteiger partial charge in [-0.1, -0.05) is 12.1 Å². The first kappa shape index (κ1) is 26.7. The Morgan fingerprint density at radius 1 is 1.19 bits per heavy atom. The fourth-order valence-corrected chi connectivity index (χ4v) is 3.90. The van der Waals surface area contributed by atoms with Crippen LogP contribution in [0.3, 0.4) is 0 Å². The average Bonchev–Trinajstić information content (AvgIpc) is 3.33. The second-order valence-corrected chi connectivity index (χ2v) is 8.36. The molecule has 180 valence electrons. The summed E-state index contributed by atoms with van der Waals surface area (Å²) in [6.07, 6.45) is 2.61. The second kappa shape index (κ2) is 13.8. The molecule has 2 fully saturated rings. The third kappa shape index (κ3) is 8.08. The molecule has 0 spiro atoms. The fourth-order valence-electron chi connectivity index (χ4n) is 3.90. The first-order valence-corrected chi connectivity index (χ1v) is 11.3. The van der Waals surface area contributed by atoms with Gasteiger partial charge in [0, 0.05) is 52.9 Å². The van der Waals surface area contributed by atoms with E-state index >= 15 is 0 Å². The van der Waals surface area contributed by atoms with Gasteiger partial charge in [0.25, 0.3) is 5.91 Å². The van der Waals surface area contributed by atoms with Crippen LogP contribution in [0, 0.1) is 0 Å². The Kier molecular flexibility index (Phi) is 11.5. The van der Waals surface area contributed by atoms with Crippen LogP contribution in [-0.2, 0) is 16.1 Å². The van der Waals surface area contributed by atoms with Gasteiger partial charge in [-0.2, -0.15) is 0 Å². The predicted octanol–water partition coefficient (Wildman–Crippen LogP) is 2.03. The first-order valence-electron chi connectivity index (χ1n) is 11.3. The number of amides is 1. The van der Waals surface area contributed by atoms with Crippen LogP contribution in [0.2, 0.25) is 0 Å². The van der Waals surface area contributed by atoms with E-state index in [0.29, 0.717) is 26.2 Å². The number of guanidine groups is 1. The van der Waals surface area contributed by atoms with Crippen molar-refractivity contribution in [2.24, 2.45) is 4.99 Å². The van der Waals surface area contributed by atoms with Crippen LogP contribution in [-0.4, -0.2) is 99.8 Å². The van der Waals surface area contributed by atoms with Crippen LogP contribution >= 0.6 is 24.0 Å². The maximum atomic E-state index is 12.5. The zero-order valence-electron chi connectivity index (χ0n) is 19.6. The van der Waals surface area contributed by atoms with Crippen LogP contribution in [0.1, 0.15) is 24.8 Å². The fraction of sp³-hybridized carbons (Fsp3) is 0.652. The summed E-state index contributed by atoms with van der Waals surface area (Å²) < 4.78 is 11.3. The number of carbonyl (C=O) groups excluding carboxylic acids is 1. The molecule has 1 amide bonds. The molecule has 9 heteroatoms. The highest BCUT2D eigenvalue weighted by Gasteiger charge is 2.30. The molecule has 0 aliphatic carbocycles. The standard InChI is InChI=1S/C23H37N5O3.HI/c1-24-23(28-14-12-27(13-15-28)22(29)21-6-4-16-31-21)25-18-19-7-9-20(10-8-19)30-17-5-11-26(2)3;/h7-10,21H,4-6,11-18H2,1-3H3,(H,24,25);1H. The van der Waals surface area contributed by atoms with E-state index in [0.717, 1.165) is 57.2 Å². The van der Waals surface area contributed by atoms with E-state index in [1.165, 1.54) is 5.56 Å². The first-order chi connectivity index (χ1) is 15.1. The molecule has 0 radical (unpaired) electrons. The smallest absolute Gasteiger partial charge is 0.251 e. The van der Waals surface area contributed by atoms with Crippen molar-refractivity contribution < 1.29 is 14.3 Å². The summed E-state index contributed by atoms with van der Waals surface area (Å²) >= 11 is 0. The molecule has 2 aliphatic heterocycles. The molecule has 2 saturated heterocycles. The number of halogens is 1. The number of nitrogens with one attached hydrogen (secondary N) is 1. The zero-order valence-corrected chi connectivity index (χ0v) is 21.9. The number of piperazine rings is 1. The van der Waals surface area contributed by atoms with Gasteiger partial charge in [0.05, 0.1) is 6.61 Å². The van der Waals surface area contributed by atoms with Gasteiger partial charge in [-0.3, -0.25) is 9.79 Å². The molecule has 1 aromatic carbocycles. The lowest BCUT2D eigenvalue weighted by atomic mass is 10.2. The van der Waals surface area contributed by atoms with Crippen LogP contribution in [0.15, 0.2) is 29.3 Å². The van der Waals surface area contributed by atoms with E-state index in [1.54, 1.807) is 7.05 Å². The van der Waals surface area contributed by atoms with Crippen molar-refractivity contribution in [2.45, 2.75) is 31.9 Å². The van der Waals surface area contributed by atoms with E-state index in [9.17, 15) is 4.79 Å². The molecule has 32 heavy (non-hydrogen) atoms. The molecule has 8 nitrogen and oxygen atoms in total. The Labute approximate surface area is 209 Å². The Balaban J connectivity index is 0.00000363. The number of hydrogen-bond donors (Lipinski definition) is 1. The number of carbonyl (C=O) groups is 1. The van der Waals surface area contributed by atoms with E-state index < -0.39 is 0 Å². The minimum atomic E-state index is -0.232. The van der Waals surface area contributed by atoms with Crippen molar-refractivity contribution in [1.29, 1.82) is 0 Å². The van der Waals surface area contributed by atoms with Crippen molar-refractivity contribution in [1.82, 2.24) is 20.0 Å². The van der Waals surface area contributed by atoms with E-state index in [1.807, 2.05) is 17.0 Å². The molecule has 0 saturated carbocycles. The predicted molar refractivity (Wildman–Crippen MR) is 138 cm³/mol. The van der Waals surface area contributed by atoms with Crippen molar-refractivity contribution in [3.63, 3.8) is 0 Å². The lowest BCUT2D eigenvalue weighted by molar-refractivity contribution is -0.142. The minimum absolute atomic E-state index is 0. The summed E-state index contributed by atoms with van der Waals surface area (Å²) in [5.41, 5.74) is 1.17. The van der Waals surface area contributed by atoms with E-state index in [-0.39, 0.29) is 36.0 Å². The number of aliphatic imine (C=N–C) groups is 1. The quantitative estimate of drug-likeness (QED) is 0.228. The zero-order chi connectivity index (χ0) is 22.1. The van der Waals surface area contributed by atoms with Gasteiger partial charge in [0.15, 0.2) is 5.96 Å². The molecular formula is C23H38IN5O3. The SMILES string of the molecule is CN=C(NCc1ccc(OCCCN(C)C)cc1)N1CCN(C(=O)C2CCCO2)CC1.I. The van der Waals surface area contributed by atoms with Crippen LogP contribution in [0.5, 0.6) is 5.75 Å². The van der Waals surface area contributed by atoms with Gasteiger partial charge < -0.3 is 29.5 Å². The molecule has 2 aliphatic rings. The van der Waals surface area contributed by atoms with Crippen molar-refractivity contribution >= 4 is 35.8 Å². The number of rotatable bonds is 8. The topological polar surface area (TPSA) is 69.6 Å². The highest BCUT2D eigenvalue weighted by atomic mass is 127. The molecule has 0 aromatic heterocycles. The van der Waals surface area contributed by atoms with Crippen LogP contribution in [0.25, 0.3) is 0 Å². The number of ether oxygens (including phenoxy) is 2. The number of benzene rings is 1. The summed E-state index contributed by atoms with van der Waals surface area (Å²) in [6, 6.07) is 8.20. The van der Waals surface area contributed by atoms with Gasteiger partial charge >= 0.3 is 0 Å². The van der Waals surface area contributed by atoms with Gasteiger partial charge in [-0.15, -0.1) is 24.0 Å². The molecule has 1 atom stereocenters. The van der Waals surface area contributed by atoms with Gasteiger partial charge in [-0.05, 0) is 51.1 Å². The summed E-state index contributed by atoms with van der Waals surface area (Å²) in [6.45, 7) is 6.12. The monoisotopic (exact) mass is 559 g/mol. The molecule has 2 heterocycles. The van der Waals surface area contributed by atoms with Crippen LogP contribution < -0.4 is 10.1 Å². The van der Waals surface area contributed by atoms with E-state index in [4.69, 9.17) is 9.47 Å². The third-order valence-corrected chi connectivity index (χ3v) is 5.70. The van der Waals surface area contributed by atoms with Crippen molar-refractivity contribution in [3.8, 4) is 5.75 Å². The molecule has 3 rings (SSSR count). The Morgan fingerprint density at radius 3 is 2.47 bits per heavy atom. The van der Waals surface area contributed by atoms with E-state index in [2.05, 4.69) is 46.3 Å². The van der Waals surface area contributed by atoms with Crippen molar-refractivity contribution in [2.75, 3.05) is 67.1 Å². The lowest BCUT2D eigenvalue weighted by Gasteiger charge is -2.37. The third-order valence-electron chi connectivity index (χ3n) is 5.70. The lowest BCUT2D eigenvalue weighted by Crippen LogP contribution is -2.55. The second-order valence-electron chi connectivity index (χ2n) is 8.36. The maximum absolute atomic E-state index is 12.5. The molecule has 1 N–H and O–H groups in total. The molecular weight excluding hydrogens is 521 g/mol. The minimum Gasteiger partial charge on any atom is -0.494 e. The Bertz CT molecular complexity index is 715. The summed E-state index contributed by atoms with van der Waals surface area (Å²) in [5, 5.41) is 3.44. The van der Waals surface area contributed by atoms with Crippen molar-refractivity contribution in [3.05, 3.63) is 29.8 Å². The Morgan fingerprint density at radius 2 is 1.88 bits per heavy atom. The maximum Gasteiger partial charge on any atom is 0.251 e. The van der Waals surface area contributed by atoms with Crippen LogP contribution in [0.4, 0.5) is 0 Å². The molecule has 0 bridgehead atoms. The van der Waals surface area contributed by atoms with Gasteiger partial charge in [-0.25, -0.2) is 0 Å². The highest BCUT2D eigenvalue weighted by molar-refractivity contribution is 14.0. The molecule has 1 unspecified atom stereocenters. The number of hydrogen-bond acceptors (Lipinski definition) is 5. The summed E-state index contributed by atoms with van der Waals surface area (Å²) in [4.78, 5) is 23.2. The van der Waals surface area contributed by atoms with Gasteiger partial charge in [0.1, 0.15) is 11.9 Å².